The van der Waals surface area contributed by atoms with Gasteiger partial charge in [0.25, 0.3) is 0 Å². The van der Waals surface area contributed by atoms with Gasteiger partial charge in [-0.2, -0.15) is 0 Å². The van der Waals surface area contributed by atoms with Crippen molar-refractivity contribution in [3.63, 3.8) is 0 Å². The lowest BCUT2D eigenvalue weighted by atomic mass is 10.2. The van der Waals surface area contributed by atoms with E-state index in [-0.39, 0.29) is 19.0 Å². The third-order valence-electron chi connectivity index (χ3n) is 2.01. The quantitative estimate of drug-likeness (QED) is 0.595. The highest BCUT2D eigenvalue weighted by Gasteiger charge is 2.48. The number of carboxylic acids is 1. The van der Waals surface area contributed by atoms with E-state index in [2.05, 4.69) is 0 Å². The van der Waals surface area contributed by atoms with Gasteiger partial charge in [-0.15, -0.1) is 0 Å². The zero-order chi connectivity index (χ0) is 9.41. The molecule has 0 saturated carbocycles. The number of sulfone groups is 1. The van der Waals surface area contributed by atoms with Crippen molar-refractivity contribution in [3.8, 4) is 0 Å². The van der Waals surface area contributed by atoms with Crippen LogP contribution in [-0.4, -0.2) is 43.2 Å². The Kier molecular flexibility index (Phi) is 2.13. The molecule has 6 heteroatoms. The van der Waals surface area contributed by atoms with Gasteiger partial charge < -0.3 is 9.84 Å². The molecular formula is C6H10O5S. The summed E-state index contributed by atoms with van der Waals surface area (Å²) in [6.45, 7) is 1.000. The second-order valence-corrected chi connectivity index (χ2v) is 5.45. The van der Waals surface area contributed by atoms with Crippen LogP contribution in [-0.2, 0) is 19.4 Å². The van der Waals surface area contributed by atoms with Crippen molar-refractivity contribution in [1.82, 2.24) is 0 Å². The van der Waals surface area contributed by atoms with E-state index in [1.54, 1.807) is 0 Å². The van der Waals surface area contributed by atoms with Crippen molar-refractivity contribution in [1.29, 1.82) is 0 Å². The molecule has 1 aliphatic rings. The normalized spacial score (nSPS) is 34.4. The second-order valence-electron chi connectivity index (χ2n) is 2.91. The number of hydrogen-bond acceptors (Lipinski definition) is 4. The predicted molar refractivity (Wildman–Crippen MR) is 40.6 cm³/mol. The minimum absolute atomic E-state index is 0.0885. The average Bonchev–Trinajstić information content (AvgIpc) is 1.95. The van der Waals surface area contributed by atoms with Crippen molar-refractivity contribution < 1.29 is 23.1 Å². The fraction of sp³-hybridized carbons (Fsp3) is 0.833. The Morgan fingerprint density at radius 3 is 2.50 bits per heavy atom. The Morgan fingerprint density at radius 2 is 2.17 bits per heavy atom. The maximum Gasteiger partial charge on any atom is 0.327 e. The summed E-state index contributed by atoms with van der Waals surface area (Å²) in [6, 6.07) is 0. The minimum atomic E-state index is -3.55. The highest BCUT2D eigenvalue weighted by atomic mass is 32.2. The molecule has 1 rings (SSSR count). The monoisotopic (exact) mass is 194 g/mol. The van der Waals surface area contributed by atoms with Crippen molar-refractivity contribution >= 4 is 15.8 Å². The van der Waals surface area contributed by atoms with Gasteiger partial charge in [0.1, 0.15) is 0 Å². The Balaban J connectivity index is 3.09. The molecule has 0 bridgehead atoms. The summed E-state index contributed by atoms with van der Waals surface area (Å²) in [5.74, 6) is -1.56. The van der Waals surface area contributed by atoms with Crippen LogP contribution in [0, 0.1) is 0 Å². The Morgan fingerprint density at radius 1 is 1.58 bits per heavy atom. The highest BCUT2D eigenvalue weighted by Crippen LogP contribution is 2.22. The summed E-state index contributed by atoms with van der Waals surface area (Å²) in [4.78, 5) is 10.6. The molecule has 0 spiro atoms. The first kappa shape index (κ1) is 9.47. The molecule has 1 aliphatic heterocycles. The molecule has 1 heterocycles. The van der Waals surface area contributed by atoms with Crippen molar-refractivity contribution in [2.45, 2.75) is 11.7 Å². The topological polar surface area (TPSA) is 80.7 Å². The first-order valence-corrected chi connectivity index (χ1v) is 5.09. The lowest BCUT2D eigenvalue weighted by molar-refractivity contribution is -0.141. The molecule has 1 atom stereocenters. The van der Waals surface area contributed by atoms with Crippen LogP contribution in [0.3, 0.4) is 0 Å². The van der Waals surface area contributed by atoms with E-state index >= 15 is 0 Å². The fourth-order valence-electron chi connectivity index (χ4n) is 0.945. The standard InChI is InChI=1S/C6H10O5S/c1-6(5(7)8)4-11-2-3-12(6,9)10/h2-4H2,1H3,(H,7,8). The van der Waals surface area contributed by atoms with Crippen LogP contribution in [0.4, 0.5) is 0 Å². The molecular weight excluding hydrogens is 184 g/mol. The SMILES string of the molecule is CC1(C(=O)O)COCCS1(=O)=O. The smallest absolute Gasteiger partial charge is 0.327 e. The van der Waals surface area contributed by atoms with Gasteiger partial charge in [0, 0.05) is 0 Å². The largest absolute Gasteiger partial charge is 0.480 e. The number of aliphatic carboxylic acids is 1. The Bertz CT molecular complexity index is 293. The summed E-state index contributed by atoms with van der Waals surface area (Å²) >= 11 is 0. The molecule has 70 valence electrons. The number of ether oxygens (including phenoxy) is 1. The average molecular weight is 194 g/mol. The molecule has 0 aromatic carbocycles. The minimum Gasteiger partial charge on any atom is -0.480 e. The fourth-order valence-corrected chi connectivity index (χ4v) is 2.26. The Labute approximate surface area is 70.3 Å². The van der Waals surface area contributed by atoms with E-state index in [1.807, 2.05) is 0 Å². The van der Waals surface area contributed by atoms with Crippen LogP contribution in [0.25, 0.3) is 0 Å². The van der Waals surface area contributed by atoms with E-state index in [9.17, 15) is 13.2 Å². The third-order valence-corrected chi connectivity index (χ3v) is 4.38. The molecule has 1 fully saturated rings. The molecule has 1 saturated heterocycles. The van der Waals surface area contributed by atoms with Crippen LogP contribution in [0.2, 0.25) is 0 Å². The molecule has 12 heavy (non-hydrogen) atoms. The number of carbonyl (C=O) groups is 1. The highest BCUT2D eigenvalue weighted by molar-refractivity contribution is 7.93. The van der Waals surface area contributed by atoms with Crippen molar-refractivity contribution in [3.05, 3.63) is 0 Å². The summed E-state index contributed by atoms with van der Waals surface area (Å²) in [5, 5.41) is 8.67. The van der Waals surface area contributed by atoms with E-state index in [1.165, 1.54) is 6.92 Å². The summed E-state index contributed by atoms with van der Waals surface area (Å²) < 4.78 is 25.6. The molecule has 5 nitrogen and oxygen atoms in total. The van der Waals surface area contributed by atoms with Crippen LogP contribution < -0.4 is 0 Å². The summed E-state index contributed by atoms with van der Waals surface area (Å²) in [5.41, 5.74) is 0. The number of hydrogen-bond donors (Lipinski definition) is 1. The van der Waals surface area contributed by atoms with Gasteiger partial charge in [-0.25, -0.2) is 8.42 Å². The maximum atomic E-state index is 11.3. The molecule has 0 radical (unpaired) electrons. The van der Waals surface area contributed by atoms with Gasteiger partial charge >= 0.3 is 5.97 Å². The van der Waals surface area contributed by atoms with Gasteiger partial charge in [-0.05, 0) is 6.92 Å². The van der Waals surface area contributed by atoms with Crippen molar-refractivity contribution in [2.24, 2.45) is 0 Å². The number of carboxylic acid groups (broad SMARTS) is 1. The molecule has 0 aliphatic carbocycles. The summed E-state index contributed by atoms with van der Waals surface area (Å²) in [6.07, 6.45) is 0. The van der Waals surface area contributed by atoms with Crippen LogP contribution in [0.15, 0.2) is 0 Å². The van der Waals surface area contributed by atoms with Gasteiger partial charge in [0.15, 0.2) is 14.6 Å². The van der Waals surface area contributed by atoms with Crippen LogP contribution in [0.5, 0.6) is 0 Å². The number of rotatable bonds is 1. The lowest BCUT2D eigenvalue weighted by Gasteiger charge is -2.28. The maximum absolute atomic E-state index is 11.3. The third kappa shape index (κ3) is 1.21. The molecule has 1 unspecified atom stereocenters. The zero-order valence-electron chi connectivity index (χ0n) is 6.61. The second kappa shape index (κ2) is 2.70. The first-order chi connectivity index (χ1) is 5.40. The zero-order valence-corrected chi connectivity index (χ0v) is 7.43. The molecule has 0 aromatic heterocycles. The Hall–Kier alpha value is -0.620. The van der Waals surface area contributed by atoms with Crippen LogP contribution in [0.1, 0.15) is 6.92 Å². The molecule has 0 amide bonds. The van der Waals surface area contributed by atoms with E-state index < -0.39 is 20.6 Å². The van der Waals surface area contributed by atoms with E-state index in [0.29, 0.717) is 0 Å². The predicted octanol–water partition coefficient (Wildman–Crippen LogP) is -0.725. The van der Waals surface area contributed by atoms with Crippen LogP contribution >= 0.6 is 0 Å². The van der Waals surface area contributed by atoms with E-state index in [4.69, 9.17) is 9.84 Å². The van der Waals surface area contributed by atoms with Gasteiger partial charge in [-0.1, -0.05) is 0 Å². The molecule has 0 aromatic rings. The van der Waals surface area contributed by atoms with Gasteiger partial charge in [0.05, 0.1) is 19.0 Å². The van der Waals surface area contributed by atoms with Crippen molar-refractivity contribution in [2.75, 3.05) is 19.0 Å². The van der Waals surface area contributed by atoms with E-state index in [0.717, 1.165) is 0 Å². The molecule has 1 N–H and O–H groups in total. The lowest BCUT2D eigenvalue weighted by Crippen LogP contribution is -2.52. The van der Waals surface area contributed by atoms with Gasteiger partial charge in [-0.3, -0.25) is 4.79 Å². The summed E-state index contributed by atoms with van der Waals surface area (Å²) in [7, 11) is -3.55. The van der Waals surface area contributed by atoms with Gasteiger partial charge in [0.2, 0.25) is 0 Å². The first-order valence-electron chi connectivity index (χ1n) is 3.43.